The first-order chi connectivity index (χ1) is 15.0. The number of amides is 1. The number of nitrogens with one attached hydrogen (secondary N) is 1. The van der Waals surface area contributed by atoms with E-state index in [1.807, 2.05) is 18.2 Å². The number of hydrogen-bond donors (Lipinski definition) is 1. The highest BCUT2D eigenvalue weighted by Crippen LogP contribution is 2.29. The fraction of sp³-hybridized carbons (Fsp3) is 0.0909. The Morgan fingerprint density at radius 1 is 1.13 bits per heavy atom. The molecule has 0 saturated heterocycles. The van der Waals surface area contributed by atoms with Gasteiger partial charge in [-0.05, 0) is 35.9 Å². The predicted molar refractivity (Wildman–Crippen MR) is 117 cm³/mol. The lowest BCUT2D eigenvalue weighted by atomic mass is 10.2. The number of rotatable bonds is 8. The van der Waals surface area contributed by atoms with Crippen molar-refractivity contribution in [3.05, 3.63) is 98.6 Å². The topological polar surface area (TPSA) is 103 Å². The van der Waals surface area contributed by atoms with Crippen molar-refractivity contribution in [2.45, 2.75) is 6.61 Å². The number of nitro benzene ring substituents is 1. The molecule has 9 heteroatoms. The van der Waals surface area contributed by atoms with Crippen LogP contribution in [0, 0.1) is 10.1 Å². The Hall–Kier alpha value is -3.91. The van der Waals surface area contributed by atoms with Crippen molar-refractivity contribution in [2.24, 2.45) is 5.10 Å². The minimum atomic E-state index is -0.568. The molecule has 0 aliphatic rings. The number of benzene rings is 3. The van der Waals surface area contributed by atoms with Gasteiger partial charge in [0, 0.05) is 28.3 Å². The maximum Gasteiger partial charge on any atom is 0.271 e. The van der Waals surface area contributed by atoms with Crippen LogP contribution in [0.25, 0.3) is 0 Å². The van der Waals surface area contributed by atoms with E-state index in [4.69, 9.17) is 21.1 Å². The number of carbonyl (C=O) groups excluding carboxylic acids is 1. The molecule has 158 valence electrons. The van der Waals surface area contributed by atoms with Crippen LogP contribution in [-0.4, -0.2) is 24.2 Å². The van der Waals surface area contributed by atoms with Gasteiger partial charge >= 0.3 is 0 Å². The normalized spacial score (nSPS) is 10.6. The molecule has 0 aliphatic carbocycles. The van der Waals surface area contributed by atoms with Crippen LogP contribution in [0.4, 0.5) is 5.69 Å². The van der Waals surface area contributed by atoms with Gasteiger partial charge in [0.05, 0.1) is 18.2 Å². The van der Waals surface area contributed by atoms with E-state index in [2.05, 4.69) is 10.5 Å². The van der Waals surface area contributed by atoms with Gasteiger partial charge in [0.15, 0.2) is 11.5 Å². The first kappa shape index (κ1) is 21.8. The van der Waals surface area contributed by atoms with E-state index in [1.165, 1.54) is 37.6 Å². The zero-order valence-electron chi connectivity index (χ0n) is 16.4. The molecule has 0 saturated carbocycles. The van der Waals surface area contributed by atoms with Crippen LogP contribution in [0.5, 0.6) is 11.5 Å². The van der Waals surface area contributed by atoms with Crippen LogP contribution in [0.1, 0.15) is 21.5 Å². The number of methoxy groups -OCH3 is 1. The van der Waals surface area contributed by atoms with Crippen molar-refractivity contribution < 1.29 is 19.2 Å². The van der Waals surface area contributed by atoms with E-state index in [9.17, 15) is 14.9 Å². The second-order valence-electron chi connectivity index (χ2n) is 6.30. The molecule has 1 amide bonds. The summed E-state index contributed by atoms with van der Waals surface area (Å²) in [6.07, 6.45) is 1.43. The van der Waals surface area contributed by atoms with E-state index in [0.717, 1.165) is 5.56 Å². The highest BCUT2D eigenvalue weighted by Gasteiger charge is 2.11. The highest BCUT2D eigenvalue weighted by molar-refractivity contribution is 6.31. The predicted octanol–water partition coefficient (Wildman–Crippen LogP) is 4.60. The second-order valence-corrected chi connectivity index (χ2v) is 6.70. The van der Waals surface area contributed by atoms with E-state index in [1.54, 1.807) is 24.3 Å². The molecule has 0 aromatic heterocycles. The molecule has 0 fully saturated rings. The Kier molecular flexibility index (Phi) is 7.18. The van der Waals surface area contributed by atoms with Crippen LogP contribution in [0.2, 0.25) is 5.02 Å². The third-order valence-corrected chi connectivity index (χ3v) is 4.60. The number of nitrogens with zero attached hydrogens (tertiary/aromatic N) is 2. The van der Waals surface area contributed by atoms with Crippen molar-refractivity contribution >= 4 is 29.4 Å². The second kappa shape index (κ2) is 10.2. The summed E-state index contributed by atoms with van der Waals surface area (Å²) in [6.45, 7) is 0.280. The maximum absolute atomic E-state index is 12.1. The SMILES string of the molecule is COc1cc(C=NNC(=O)c2cccc([N+](=O)[O-])c2)ccc1OCc1ccccc1Cl. The molecule has 0 unspecified atom stereocenters. The highest BCUT2D eigenvalue weighted by atomic mass is 35.5. The van der Waals surface area contributed by atoms with Crippen LogP contribution < -0.4 is 14.9 Å². The Morgan fingerprint density at radius 2 is 1.94 bits per heavy atom. The fourth-order valence-corrected chi connectivity index (χ4v) is 2.84. The number of hydrogen-bond acceptors (Lipinski definition) is 6. The van der Waals surface area contributed by atoms with Crippen molar-refractivity contribution in [3.63, 3.8) is 0 Å². The monoisotopic (exact) mass is 439 g/mol. The molecule has 8 nitrogen and oxygen atoms in total. The Morgan fingerprint density at radius 3 is 2.68 bits per heavy atom. The fourth-order valence-electron chi connectivity index (χ4n) is 2.65. The van der Waals surface area contributed by atoms with E-state index >= 15 is 0 Å². The molecular weight excluding hydrogens is 422 g/mol. The summed E-state index contributed by atoms with van der Waals surface area (Å²) in [5, 5.41) is 15.3. The van der Waals surface area contributed by atoms with Crippen LogP contribution in [0.3, 0.4) is 0 Å². The van der Waals surface area contributed by atoms with E-state index in [-0.39, 0.29) is 17.9 Å². The van der Waals surface area contributed by atoms with Gasteiger partial charge in [0.2, 0.25) is 0 Å². The average Bonchev–Trinajstić information content (AvgIpc) is 2.79. The largest absolute Gasteiger partial charge is 0.493 e. The molecule has 0 bridgehead atoms. The smallest absolute Gasteiger partial charge is 0.271 e. The third-order valence-electron chi connectivity index (χ3n) is 4.23. The van der Waals surface area contributed by atoms with Gasteiger partial charge in [-0.1, -0.05) is 35.9 Å². The molecule has 0 heterocycles. The van der Waals surface area contributed by atoms with Gasteiger partial charge in [0.1, 0.15) is 6.61 Å². The lowest BCUT2D eigenvalue weighted by Crippen LogP contribution is -2.17. The number of ether oxygens (including phenoxy) is 2. The zero-order valence-corrected chi connectivity index (χ0v) is 17.2. The molecule has 0 aliphatic heterocycles. The quantitative estimate of drug-likeness (QED) is 0.314. The third kappa shape index (κ3) is 5.80. The Bertz CT molecular complexity index is 1130. The number of nitro groups is 1. The first-order valence-corrected chi connectivity index (χ1v) is 9.48. The van der Waals surface area contributed by atoms with Crippen molar-refractivity contribution in [3.8, 4) is 11.5 Å². The number of hydrazone groups is 1. The summed E-state index contributed by atoms with van der Waals surface area (Å²) in [5.74, 6) is 0.452. The molecular formula is C22H18ClN3O5. The molecule has 0 atom stereocenters. The molecule has 0 spiro atoms. The van der Waals surface area contributed by atoms with Gasteiger partial charge in [0.25, 0.3) is 11.6 Å². The number of halogens is 1. The van der Waals surface area contributed by atoms with Gasteiger partial charge < -0.3 is 9.47 Å². The van der Waals surface area contributed by atoms with E-state index in [0.29, 0.717) is 22.1 Å². The molecule has 1 N–H and O–H groups in total. The summed E-state index contributed by atoms with van der Waals surface area (Å²) in [6, 6.07) is 17.9. The number of carbonyl (C=O) groups is 1. The van der Waals surface area contributed by atoms with Crippen molar-refractivity contribution in [2.75, 3.05) is 7.11 Å². The van der Waals surface area contributed by atoms with Crippen LogP contribution in [-0.2, 0) is 6.61 Å². The standard InChI is InChI=1S/C22H18ClN3O5/c1-30-21-11-15(9-10-20(21)31-14-17-5-2-3-8-19(17)23)13-24-25-22(27)16-6-4-7-18(12-16)26(28)29/h2-13H,14H2,1H3,(H,25,27). The number of non-ortho nitro benzene ring substituents is 1. The Labute approximate surface area is 183 Å². The van der Waals surface area contributed by atoms with Gasteiger partial charge in [-0.2, -0.15) is 5.10 Å². The van der Waals surface area contributed by atoms with Crippen molar-refractivity contribution in [1.29, 1.82) is 0 Å². The zero-order chi connectivity index (χ0) is 22.2. The molecule has 3 aromatic carbocycles. The van der Waals surface area contributed by atoms with Crippen LogP contribution in [0.15, 0.2) is 71.8 Å². The minimum absolute atomic E-state index is 0.132. The average molecular weight is 440 g/mol. The molecule has 31 heavy (non-hydrogen) atoms. The van der Waals surface area contributed by atoms with Gasteiger partial charge in [-0.25, -0.2) is 5.43 Å². The summed E-state index contributed by atoms with van der Waals surface area (Å²) in [5.41, 5.74) is 3.80. The summed E-state index contributed by atoms with van der Waals surface area (Å²) < 4.78 is 11.2. The molecule has 3 aromatic rings. The lowest BCUT2D eigenvalue weighted by molar-refractivity contribution is -0.384. The lowest BCUT2D eigenvalue weighted by Gasteiger charge is -2.12. The first-order valence-electron chi connectivity index (χ1n) is 9.10. The van der Waals surface area contributed by atoms with E-state index < -0.39 is 10.8 Å². The summed E-state index contributed by atoms with van der Waals surface area (Å²) in [4.78, 5) is 22.4. The van der Waals surface area contributed by atoms with Gasteiger partial charge in [-0.3, -0.25) is 14.9 Å². The summed E-state index contributed by atoms with van der Waals surface area (Å²) >= 11 is 6.14. The van der Waals surface area contributed by atoms with Crippen molar-refractivity contribution in [1.82, 2.24) is 5.43 Å². The van der Waals surface area contributed by atoms with Crippen LogP contribution >= 0.6 is 11.6 Å². The summed E-state index contributed by atoms with van der Waals surface area (Å²) in [7, 11) is 1.52. The molecule has 0 radical (unpaired) electrons. The minimum Gasteiger partial charge on any atom is -0.493 e. The molecule has 3 rings (SSSR count). The Balaban J connectivity index is 1.64. The maximum atomic E-state index is 12.1. The van der Waals surface area contributed by atoms with Gasteiger partial charge in [-0.15, -0.1) is 0 Å².